The maximum atomic E-state index is 11.5. The molecule has 6 heteroatoms. The van der Waals surface area contributed by atoms with Crippen LogP contribution in [0.2, 0.25) is 0 Å². The number of nitrogens with zero attached hydrogens (tertiary/aromatic N) is 2. The number of hydrogen-bond acceptors (Lipinski definition) is 6. The topological polar surface area (TPSA) is 61.3 Å². The SMILES string of the molecule is CCCc1ccc(Oc2nnc(C(=O)OCC)s2)cc1. The van der Waals surface area contributed by atoms with Crippen LogP contribution in [0.4, 0.5) is 0 Å². The van der Waals surface area contributed by atoms with Crippen LogP contribution in [0.25, 0.3) is 0 Å². The first kappa shape index (κ1) is 14.5. The zero-order valence-electron chi connectivity index (χ0n) is 11.5. The van der Waals surface area contributed by atoms with Gasteiger partial charge in [-0.3, -0.25) is 0 Å². The quantitative estimate of drug-likeness (QED) is 0.763. The Labute approximate surface area is 121 Å². The Bertz CT molecular complexity index is 566. The zero-order chi connectivity index (χ0) is 14.4. The first-order valence-electron chi connectivity index (χ1n) is 6.50. The van der Waals surface area contributed by atoms with Gasteiger partial charge in [-0.1, -0.05) is 30.6 Å². The summed E-state index contributed by atoms with van der Waals surface area (Å²) in [5.41, 5.74) is 1.27. The fraction of sp³-hybridized carbons (Fsp3) is 0.357. The summed E-state index contributed by atoms with van der Waals surface area (Å²) in [6, 6.07) is 7.81. The Morgan fingerprint density at radius 1 is 1.20 bits per heavy atom. The summed E-state index contributed by atoms with van der Waals surface area (Å²) in [6.45, 7) is 4.20. The lowest BCUT2D eigenvalue weighted by molar-refractivity contribution is 0.0525. The molecule has 106 valence electrons. The molecule has 0 saturated carbocycles. The van der Waals surface area contributed by atoms with Crippen molar-refractivity contribution in [3.63, 3.8) is 0 Å². The van der Waals surface area contributed by atoms with E-state index in [4.69, 9.17) is 9.47 Å². The largest absolute Gasteiger partial charge is 0.461 e. The van der Waals surface area contributed by atoms with E-state index in [0.29, 0.717) is 17.6 Å². The summed E-state index contributed by atoms with van der Waals surface area (Å²) in [5.74, 6) is 0.203. The van der Waals surface area contributed by atoms with Gasteiger partial charge >= 0.3 is 5.97 Å². The van der Waals surface area contributed by atoms with Gasteiger partial charge in [0.05, 0.1) is 6.61 Å². The molecule has 5 nitrogen and oxygen atoms in total. The van der Waals surface area contributed by atoms with Gasteiger partial charge in [0.15, 0.2) is 0 Å². The van der Waals surface area contributed by atoms with Crippen molar-refractivity contribution in [3.05, 3.63) is 34.8 Å². The predicted octanol–water partition coefficient (Wildman–Crippen LogP) is 3.46. The molecular weight excluding hydrogens is 276 g/mol. The third-order valence-electron chi connectivity index (χ3n) is 2.52. The van der Waals surface area contributed by atoms with Crippen LogP contribution < -0.4 is 4.74 Å². The fourth-order valence-electron chi connectivity index (χ4n) is 1.64. The van der Waals surface area contributed by atoms with Gasteiger partial charge in [0.25, 0.3) is 5.19 Å². The summed E-state index contributed by atoms with van der Waals surface area (Å²) < 4.78 is 10.4. The smallest absolute Gasteiger partial charge is 0.369 e. The van der Waals surface area contributed by atoms with Gasteiger partial charge in [-0.15, -0.1) is 5.10 Å². The van der Waals surface area contributed by atoms with Gasteiger partial charge in [-0.25, -0.2) is 4.79 Å². The van der Waals surface area contributed by atoms with Crippen molar-refractivity contribution >= 4 is 17.3 Å². The van der Waals surface area contributed by atoms with E-state index in [-0.39, 0.29) is 5.01 Å². The molecule has 2 rings (SSSR count). The van der Waals surface area contributed by atoms with Crippen LogP contribution >= 0.6 is 11.3 Å². The number of benzene rings is 1. The highest BCUT2D eigenvalue weighted by Crippen LogP contribution is 2.25. The van der Waals surface area contributed by atoms with Gasteiger partial charge in [0.2, 0.25) is 5.01 Å². The molecule has 0 aliphatic rings. The van der Waals surface area contributed by atoms with Crippen molar-refractivity contribution in [2.24, 2.45) is 0 Å². The van der Waals surface area contributed by atoms with Crippen LogP contribution in [0.3, 0.4) is 0 Å². The van der Waals surface area contributed by atoms with E-state index in [1.54, 1.807) is 6.92 Å². The minimum atomic E-state index is -0.474. The number of hydrogen-bond donors (Lipinski definition) is 0. The molecule has 1 aromatic carbocycles. The van der Waals surface area contributed by atoms with Gasteiger partial charge in [0, 0.05) is 0 Å². The van der Waals surface area contributed by atoms with Crippen molar-refractivity contribution < 1.29 is 14.3 Å². The Morgan fingerprint density at radius 3 is 2.60 bits per heavy atom. The summed E-state index contributed by atoms with van der Waals surface area (Å²) >= 11 is 1.07. The van der Waals surface area contributed by atoms with Crippen molar-refractivity contribution in [2.75, 3.05) is 6.61 Å². The van der Waals surface area contributed by atoms with Crippen LogP contribution in [-0.4, -0.2) is 22.8 Å². The zero-order valence-corrected chi connectivity index (χ0v) is 12.3. The fourth-order valence-corrected chi connectivity index (χ4v) is 2.25. The van der Waals surface area contributed by atoms with E-state index in [0.717, 1.165) is 24.2 Å². The van der Waals surface area contributed by atoms with E-state index >= 15 is 0 Å². The van der Waals surface area contributed by atoms with E-state index in [2.05, 4.69) is 17.1 Å². The maximum absolute atomic E-state index is 11.5. The highest BCUT2D eigenvalue weighted by atomic mass is 32.1. The number of ether oxygens (including phenoxy) is 2. The van der Waals surface area contributed by atoms with Crippen molar-refractivity contribution in [1.82, 2.24) is 10.2 Å². The van der Waals surface area contributed by atoms with Crippen LogP contribution in [0.5, 0.6) is 10.9 Å². The van der Waals surface area contributed by atoms with E-state index < -0.39 is 5.97 Å². The number of aryl methyl sites for hydroxylation is 1. The second kappa shape index (κ2) is 7.00. The number of rotatable bonds is 6. The van der Waals surface area contributed by atoms with Crippen LogP contribution in [-0.2, 0) is 11.2 Å². The second-order valence-corrected chi connectivity index (χ2v) is 5.03. The first-order chi connectivity index (χ1) is 9.72. The lowest BCUT2D eigenvalue weighted by Crippen LogP contribution is -2.03. The van der Waals surface area contributed by atoms with Gasteiger partial charge in [0.1, 0.15) is 5.75 Å². The Hall–Kier alpha value is -1.95. The van der Waals surface area contributed by atoms with Crippen LogP contribution in [0.1, 0.15) is 35.6 Å². The minimum absolute atomic E-state index is 0.199. The first-order valence-corrected chi connectivity index (χ1v) is 7.32. The van der Waals surface area contributed by atoms with Crippen molar-refractivity contribution in [2.45, 2.75) is 26.7 Å². The second-order valence-electron chi connectivity index (χ2n) is 4.09. The van der Waals surface area contributed by atoms with E-state index in [9.17, 15) is 4.79 Å². The number of carbonyl (C=O) groups excluding carboxylic acids is 1. The molecule has 0 aliphatic carbocycles. The van der Waals surface area contributed by atoms with E-state index in [1.165, 1.54) is 5.56 Å². The molecule has 1 heterocycles. The Kier molecular flexibility index (Phi) is 5.06. The lowest BCUT2D eigenvalue weighted by Gasteiger charge is -2.02. The molecule has 0 saturated heterocycles. The molecule has 0 aliphatic heterocycles. The minimum Gasteiger partial charge on any atom is -0.461 e. The average Bonchev–Trinajstić information content (AvgIpc) is 2.90. The van der Waals surface area contributed by atoms with E-state index in [1.807, 2.05) is 24.3 Å². The molecule has 0 spiro atoms. The monoisotopic (exact) mass is 292 g/mol. The van der Waals surface area contributed by atoms with Crippen LogP contribution in [0, 0.1) is 0 Å². The third kappa shape index (κ3) is 3.77. The molecule has 0 bridgehead atoms. The molecule has 0 fully saturated rings. The van der Waals surface area contributed by atoms with Crippen molar-refractivity contribution in [3.8, 4) is 10.9 Å². The summed E-state index contributed by atoms with van der Waals surface area (Å²) in [6.07, 6.45) is 2.16. The summed E-state index contributed by atoms with van der Waals surface area (Å²) in [4.78, 5) is 11.5. The van der Waals surface area contributed by atoms with Crippen molar-refractivity contribution in [1.29, 1.82) is 0 Å². The molecule has 20 heavy (non-hydrogen) atoms. The molecular formula is C14H16N2O3S. The molecule has 0 N–H and O–H groups in total. The molecule has 0 amide bonds. The van der Waals surface area contributed by atoms with Gasteiger partial charge in [-0.05, 0) is 42.4 Å². The van der Waals surface area contributed by atoms with Gasteiger partial charge < -0.3 is 9.47 Å². The molecule has 0 unspecified atom stereocenters. The predicted molar refractivity (Wildman–Crippen MR) is 76.4 cm³/mol. The third-order valence-corrected chi connectivity index (χ3v) is 3.30. The Balaban J connectivity index is 2.01. The molecule has 0 radical (unpaired) electrons. The Morgan fingerprint density at radius 2 is 1.95 bits per heavy atom. The summed E-state index contributed by atoms with van der Waals surface area (Å²) in [5, 5.41) is 8.09. The maximum Gasteiger partial charge on any atom is 0.369 e. The molecule has 0 atom stereocenters. The average molecular weight is 292 g/mol. The standard InChI is InChI=1S/C14H16N2O3S/c1-3-5-10-6-8-11(9-7-10)19-14-16-15-12(20-14)13(17)18-4-2/h6-9H,3-5H2,1-2H3. The summed E-state index contributed by atoms with van der Waals surface area (Å²) in [7, 11) is 0. The van der Waals surface area contributed by atoms with Gasteiger partial charge in [-0.2, -0.15) is 0 Å². The normalized spacial score (nSPS) is 10.3. The molecule has 1 aromatic heterocycles. The van der Waals surface area contributed by atoms with Crippen LogP contribution in [0.15, 0.2) is 24.3 Å². The lowest BCUT2D eigenvalue weighted by atomic mass is 10.1. The number of aromatic nitrogens is 2. The number of esters is 1. The highest BCUT2D eigenvalue weighted by Gasteiger charge is 2.14. The highest BCUT2D eigenvalue weighted by molar-refractivity contribution is 7.14. The number of carbonyl (C=O) groups is 1. The molecule has 2 aromatic rings.